The zero-order valence-corrected chi connectivity index (χ0v) is 15.6. The zero-order valence-electron chi connectivity index (χ0n) is 14.8. The molecule has 0 spiro atoms. The van der Waals surface area contributed by atoms with E-state index in [0.29, 0.717) is 25.1 Å². The Labute approximate surface area is 141 Å². The summed E-state index contributed by atoms with van der Waals surface area (Å²) in [5, 5.41) is 2.82. The van der Waals surface area contributed by atoms with Crippen LogP contribution in [0.5, 0.6) is 0 Å². The lowest BCUT2D eigenvalue weighted by molar-refractivity contribution is -0.928. The van der Waals surface area contributed by atoms with Gasteiger partial charge in [-0.05, 0) is 19.8 Å². The van der Waals surface area contributed by atoms with E-state index in [1.165, 1.54) is 0 Å². The Balaban J connectivity index is 4.57. The molecule has 0 unspecified atom stereocenters. The van der Waals surface area contributed by atoms with Gasteiger partial charge in [0, 0.05) is 30.7 Å². The summed E-state index contributed by atoms with van der Waals surface area (Å²) in [5.41, 5.74) is 0.494. The van der Waals surface area contributed by atoms with Gasteiger partial charge in [-0.3, -0.25) is 4.79 Å². The van der Waals surface area contributed by atoms with Crippen LogP contribution >= 0.6 is 0 Å². The first kappa shape index (κ1) is 22.1. The Bertz CT molecular complexity index is 468. The highest BCUT2D eigenvalue weighted by Crippen LogP contribution is 2.13. The normalized spacial score (nSPS) is 12.2. The average molecular weight is 349 g/mol. The number of amides is 1. The first-order valence-electron chi connectivity index (χ1n) is 8.38. The molecule has 0 heterocycles. The van der Waals surface area contributed by atoms with E-state index in [-0.39, 0.29) is 11.7 Å². The molecule has 23 heavy (non-hydrogen) atoms. The Morgan fingerprint density at radius 1 is 1.09 bits per heavy atom. The van der Waals surface area contributed by atoms with Crippen LogP contribution in [0, 0.1) is 0 Å². The van der Waals surface area contributed by atoms with Gasteiger partial charge in [-0.15, -0.1) is 0 Å². The quantitative estimate of drug-likeness (QED) is 0.237. The Kier molecular flexibility index (Phi) is 10.3. The number of nitrogens with one attached hydrogen (secondary N) is 1. The standard InChI is InChI=1S/C16H32N2O4S/c1-5-10-18(11-6-2,13-8-14-23(20,21)22)12-7-9-17-16(19)15(3)4/h3,5-14H2,1-2,4H3,(H-,17,19,20,21,22). The van der Waals surface area contributed by atoms with Crippen molar-refractivity contribution < 1.29 is 22.2 Å². The maximum absolute atomic E-state index is 11.5. The molecule has 136 valence electrons. The summed E-state index contributed by atoms with van der Waals surface area (Å²) in [6.45, 7) is 13.6. The van der Waals surface area contributed by atoms with Crippen LogP contribution in [0.4, 0.5) is 0 Å². The van der Waals surface area contributed by atoms with E-state index < -0.39 is 10.1 Å². The van der Waals surface area contributed by atoms with Crippen LogP contribution in [-0.4, -0.2) is 61.8 Å². The molecule has 0 saturated carbocycles. The number of carbonyl (C=O) groups excluding carboxylic acids is 1. The fourth-order valence-corrected chi connectivity index (χ4v) is 3.45. The van der Waals surface area contributed by atoms with Crippen molar-refractivity contribution in [3.05, 3.63) is 12.2 Å². The van der Waals surface area contributed by atoms with E-state index in [1.807, 2.05) is 0 Å². The molecular formula is C16H32N2O4S. The molecule has 0 fully saturated rings. The average Bonchev–Trinajstić information content (AvgIpc) is 2.42. The second-order valence-electron chi connectivity index (χ2n) is 6.24. The zero-order chi connectivity index (χ0) is 17.9. The number of carbonyl (C=O) groups is 1. The van der Waals surface area contributed by atoms with Crippen LogP contribution in [0.15, 0.2) is 12.2 Å². The van der Waals surface area contributed by atoms with Gasteiger partial charge in [0.25, 0.3) is 0 Å². The molecule has 6 nitrogen and oxygen atoms in total. The van der Waals surface area contributed by atoms with E-state index >= 15 is 0 Å². The third kappa shape index (κ3) is 10.5. The van der Waals surface area contributed by atoms with Crippen LogP contribution in [0.1, 0.15) is 46.5 Å². The van der Waals surface area contributed by atoms with Crippen molar-refractivity contribution in [1.29, 1.82) is 0 Å². The minimum atomic E-state index is -4.15. The van der Waals surface area contributed by atoms with Gasteiger partial charge in [0.2, 0.25) is 5.91 Å². The van der Waals surface area contributed by atoms with Crippen LogP contribution < -0.4 is 5.32 Å². The van der Waals surface area contributed by atoms with E-state index in [4.69, 9.17) is 0 Å². The van der Waals surface area contributed by atoms with Gasteiger partial charge in [0.15, 0.2) is 0 Å². The van der Waals surface area contributed by atoms with Crippen LogP contribution in [0.2, 0.25) is 0 Å². The molecule has 1 N–H and O–H groups in total. The van der Waals surface area contributed by atoms with Crippen LogP contribution in [0.3, 0.4) is 0 Å². The fraction of sp³-hybridized carbons (Fsp3) is 0.812. The van der Waals surface area contributed by atoms with Crippen molar-refractivity contribution in [2.45, 2.75) is 46.5 Å². The van der Waals surface area contributed by atoms with E-state index in [2.05, 4.69) is 25.7 Å². The number of rotatable bonds is 13. The highest BCUT2D eigenvalue weighted by atomic mass is 32.2. The van der Waals surface area contributed by atoms with Crippen molar-refractivity contribution in [2.75, 3.05) is 38.5 Å². The van der Waals surface area contributed by atoms with Crippen LogP contribution in [-0.2, 0) is 14.9 Å². The fourth-order valence-electron chi connectivity index (χ4n) is 2.96. The van der Waals surface area contributed by atoms with Gasteiger partial charge >= 0.3 is 0 Å². The lowest BCUT2D eigenvalue weighted by atomic mass is 10.2. The van der Waals surface area contributed by atoms with Crippen molar-refractivity contribution >= 4 is 16.0 Å². The summed E-state index contributed by atoms with van der Waals surface area (Å²) in [6, 6.07) is 0. The van der Waals surface area contributed by atoms with Crippen molar-refractivity contribution in [2.24, 2.45) is 0 Å². The van der Waals surface area contributed by atoms with Gasteiger partial charge in [0.1, 0.15) is 0 Å². The van der Waals surface area contributed by atoms with Crippen LogP contribution in [0.25, 0.3) is 0 Å². The summed E-state index contributed by atoms with van der Waals surface area (Å²) in [4.78, 5) is 11.5. The molecule has 0 rings (SSSR count). The van der Waals surface area contributed by atoms with Crippen molar-refractivity contribution in [3.8, 4) is 0 Å². The highest BCUT2D eigenvalue weighted by molar-refractivity contribution is 7.85. The number of hydrogen-bond acceptors (Lipinski definition) is 4. The molecule has 7 heteroatoms. The molecule has 0 radical (unpaired) electrons. The lowest BCUT2D eigenvalue weighted by Gasteiger charge is -2.39. The number of hydrogen-bond donors (Lipinski definition) is 1. The maximum atomic E-state index is 11.5. The maximum Gasteiger partial charge on any atom is 0.246 e. The molecule has 0 bridgehead atoms. The summed E-state index contributed by atoms with van der Waals surface area (Å²) in [7, 11) is -4.15. The Morgan fingerprint density at radius 3 is 2.04 bits per heavy atom. The van der Waals surface area contributed by atoms with Gasteiger partial charge in [-0.2, -0.15) is 0 Å². The smallest absolute Gasteiger partial charge is 0.246 e. The predicted molar refractivity (Wildman–Crippen MR) is 91.9 cm³/mol. The largest absolute Gasteiger partial charge is 0.748 e. The monoisotopic (exact) mass is 348 g/mol. The van der Waals surface area contributed by atoms with Crippen molar-refractivity contribution in [1.82, 2.24) is 5.32 Å². The predicted octanol–water partition coefficient (Wildman–Crippen LogP) is 1.64. The topological polar surface area (TPSA) is 86.3 Å². The van der Waals surface area contributed by atoms with Gasteiger partial charge in [0.05, 0.1) is 36.3 Å². The minimum absolute atomic E-state index is 0.133. The summed E-state index contributed by atoms with van der Waals surface area (Å²) in [5.74, 6) is -0.432. The second-order valence-corrected chi connectivity index (χ2v) is 7.76. The molecule has 0 aromatic heterocycles. The van der Waals surface area contributed by atoms with Crippen molar-refractivity contribution in [3.63, 3.8) is 0 Å². The lowest BCUT2D eigenvalue weighted by Crippen LogP contribution is -2.51. The van der Waals surface area contributed by atoms with E-state index in [9.17, 15) is 17.8 Å². The molecule has 0 aromatic carbocycles. The molecule has 0 aromatic rings. The van der Waals surface area contributed by atoms with E-state index in [0.717, 1.165) is 43.4 Å². The summed E-state index contributed by atoms with van der Waals surface area (Å²) in [6.07, 6.45) is 3.22. The first-order valence-corrected chi connectivity index (χ1v) is 9.96. The van der Waals surface area contributed by atoms with Gasteiger partial charge < -0.3 is 14.4 Å². The molecule has 0 aliphatic heterocycles. The van der Waals surface area contributed by atoms with Gasteiger partial charge in [-0.25, -0.2) is 8.42 Å². The van der Waals surface area contributed by atoms with E-state index in [1.54, 1.807) is 6.92 Å². The third-order valence-corrected chi connectivity index (χ3v) is 4.69. The molecular weight excluding hydrogens is 316 g/mol. The molecule has 0 atom stereocenters. The first-order chi connectivity index (χ1) is 10.7. The Hall–Kier alpha value is -0.920. The molecule has 0 aliphatic rings. The summed E-state index contributed by atoms with van der Waals surface area (Å²) < 4.78 is 33.3. The summed E-state index contributed by atoms with van der Waals surface area (Å²) >= 11 is 0. The minimum Gasteiger partial charge on any atom is -0.748 e. The third-order valence-electron chi connectivity index (χ3n) is 3.91. The number of quaternary nitrogens is 1. The van der Waals surface area contributed by atoms with Gasteiger partial charge in [-0.1, -0.05) is 20.4 Å². The molecule has 1 amide bonds. The number of nitrogens with zero attached hydrogens (tertiary/aromatic N) is 1. The molecule has 0 saturated heterocycles. The SMILES string of the molecule is C=C(C)C(=O)NCCC[N+](CCC)(CCC)CCCS(=O)(=O)[O-]. The second kappa shape index (κ2) is 10.8. The molecule has 0 aliphatic carbocycles. The highest BCUT2D eigenvalue weighted by Gasteiger charge is 2.25. The Morgan fingerprint density at radius 2 is 1.61 bits per heavy atom.